The molecule has 0 spiro atoms. The van der Waals surface area contributed by atoms with Crippen molar-refractivity contribution in [2.24, 2.45) is 0 Å². The molecule has 0 rings (SSSR count). The van der Waals surface area contributed by atoms with Gasteiger partial charge in [-0.2, -0.15) is 0 Å². The Bertz CT molecular complexity index is 294. The number of rotatable bonds is 8. The lowest BCUT2D eigenvalue weighted by atomic mass is 10.00. The summed E-state index contributed by atoms with van der Waals surface area (Å²) in [7, 11) is 1.29. The predicted octanol–water partition coefficient (Wildman–Crippen LogP) is 2.08. The van der Waals surface area contributed by atoms with Gasteiger partial charge in [0.15, 0.2) is 11.4 Å². The number of hydrogen-bond donors (Lipinski definition) is 0. The zero-order chi connectivity index (χ0) is 14.4. The summed E-state index contributed by atoms with van der Waals surface area (Å²) in [6.07, 6.45) is 1.24. The maximum absolute atomic E-state index is 11.7. The van der Waals surface area contributed by atoms with Crippen molar-refractivity contribution >= 4 is 11.8 Å². The minimum absolute atomic E-state index is 0.0180. The van der Waals surface area contributed by atoms with Crippen LogP contribution in [0, 0.1) is 0 Å². The average molecular weight is 260 g/mol. The Morgan fingerprint density at radius 3 is 1.94 bits per heavy atom. The molecule has 18 heavy (non-hydrogen) atoms. The van der Waals surface area contributed by atoms with Crippen molar-refractivity contribution in [3.63, 3.8) is 0 Å². The largest absolute Gasteiger partial charge is 0.467 e. The third-order valence-electron chi connectivity index (χ3n) is 2.67. The lowest BCUT2D eigenvalue weighted by Gasteiger charge is -2.27. The molecular formula is C13H24O5. The summed E-state index contributed by atoms with van der Waals surface area (Å²) < 4.78 is 15.3. The Morgan fingerprint density at radius 2 is 1.50 bits per heavy atom. The fourth-order valence-corrected chi connectivity index (χ4v) is 1.24. The minimum Gasteiger partial charge on any atom is -0.467 e. The van der Waals surface area contributed by atoms with E-state index in [0.29, 0.717) is 6.42 Å². The van der Waals surface area contributed by atoms with Crippen LogP contribution in [0.1, 0.15) is 47.5 Å². The van der Waals surface area contributed by atoms with Gasteiger partial charge in [0.05, 0.1) is 7.11 Å². The molecule has 106 valence electrons. The monoisotopic (exact) mass is 260 g/mol. The molecule has 0 bridgehead atoms. The third-order valence-corrected chi connectivity index (χ3v) is 2.67. The molecule has 0 atom stereocenters. The molecule has 5 nitrogen and oxygen atoms in total. The number of esters is 1. The van der Waals surface area contributed by atoms with Crippen molar-refractivity contribution in [2.75, 3.05) is 13.9 Å². The van der Waals surface area contributed by atoms with Crippen molar-refractivity contribution in [3.8, 4) is 0 Å². The van der Waals surface area contributed by atoms with Gasteiger partial charge in [-0.3, -0.25) is 4.79 Å². The van der Waals surface area contributed by atoms with Gasteiger partial charge in [0.25, 0.3) is 0 Å². The van der Waals surface area contributed by atoms with Crippen LogP contribution >= 0.6 is 0 Å². The zero-order valence-electron chi connectivity index (χ0n) is 12.2. The molecule has 0 unspecified atom stereocenters. The van der Waals surface area contributed by atoms with Crippen molar-refractivity contribution < 1.29 is 23.8 Å². The van der Waals surface area contributed by atoms with E-state index in [-0.39, 0.29) is 12.6 Å². The summed E-state index contributed by atoms with van der Waals surface area (Å²) in [6.45, 7) is 8.36. The van der Waals surface area contributed by atoms with Crippen LogP contribution in [0.2, 0.25) is 0 Å². The van der Waals surface area contributed by atoms with Crippen LogP contribution in [-0.2, 0) is 23.8 Å². The average Bonchev–Trinajstić information content (AvgIpc) is 2.27. The van der Waals surface area contributed by atoms with Crippen LogP contribution in [-0.4, -0.2) is 36.9 Å². The smallest absolute Gasteiger partial charge is 0.337 e. The highest BCUT2D eigenvalue weighted by molar-refractivity contribution is 5.86. The highest BCUT2D eigenvalue weighted by Gasteiger charge is 2.32. The lowest BCUT2D eigenvalue weighted by molar-refractivity contribution is -0.198. The molecule has 5 heteroatoms. The first-order valence-electron chi connectivity index (χ1n) is 6.07. The second kappa shape index (κ2) is 6.85. The number of ether oxygens (including phenoxy) is 3. The van der Waals surface area contributed by atoms with E-state index in [2.05, 4.69) is 4.74 Å². The summed E-state index contributed by atoms with van der Waals surface area (Å²) in [6, 6.07) is 0. The van der Waals surface area contributed by atoms with Gasteiger partial charge in [0.2, 0.25) is 0 Å². The van der Waals surface area contributed by atoms with Crippen LogP contribution in [0.4, 0.5) is 0 Å². The van der Waals surface area contributed by atoms with E-state index in [1.807, 2.05) is 6.92 Å². The number of carbonyl (C=O) groups excluding carboxylic acids is 2. The molecule has 0 aliphatic carbocycles. The predicted molar refractivity (Wildman–Crippen MR) is 67.1 cm³/mol. The fraction of sp³-hybridized carbons (Fsp3) is 0.846. The van der Waals surface area contributed by atoms with Gasteiger partial charge in [-0.1, -0.05) is 6.92 Å². The molecule has 0 N–H and O–H groups in total. The van der Waals surface area contributed by atoms with Gasteiger partial charge in [0, 0.05) is 6.42 Å². The Balaban J connectivity index is 4.26. The standard InChI is InChI=1S/C13H24O5/c1-7-8-10(14)12(2,3)17-9-18-13(4,5)11(15)16-6/h7-9H2,1-6H3. The molecule has 0 aromatic heterocycles. The van der Waals surface area contributed by atoms with Gasteiger partial charge in [-0.25, -0.2) is 4.79 Å². The van der Waals surface area contributed by atoms with Gasteiger partial charge >= 0.3 is 5.97 Å². The van der Waals surface area contributed by atoms with E-state index in [4.69, 9.17) is 9.47 Å². The van der Waals surface area contributed by atoms with E-state index in [0.717, 1.165) is 6.42 Å². The molecule has 0 aliphatic heterocycles. The normalized spacial score (nSPS) is 12.3. The van der Waals surface area contributed by atoms with E-state index < -0.39 is 17.2 Å². The molecule has 0 aromatic carbocycles. The van der Waals surface area contributed by atoms with E-state index in [1.54, 1.807) is 27.7 Å². The van der Waals surface area contributed by atoms with E-state index in [1.165, 1.54) is 7.11 Å². The maximum Gasteiger partial charge on any atom is 0.337 e. The summed E-state index contributed by atoms with van der Waals surface area (Å²) >= 11 is 0. The summed E-state index contributed by atoms with van der Waals surface area (Å²) in [5.74, 6) is -0.465. The van der Waals surface area contributed by atoms with Crippen LogP contribution < -0.4 is 0 Å². The first-order valence-corrected chi connectivity index (χ1v) is 6.07. The highest BCUT2D eigenvalue weighted by atomic mass is 16.7. The second-order valence-corrected chi connectivity index (χ2v) is 5.09. The SMILES string of the molecule is CCCC(=O)C(C)(C)OCOC(C)(C)C(=O)OC. The van der Waals surface area contributed by atoms with Crippen LogP contribution in [0.15, 0.2) is 0 Å². The van der Waals surface area contributed by atoms with Crippen LogP contribution in [0.3, 0.4) is 0 Å². The molecule has 0 fully saturated rings. The molecule has 0 heterocycles. The highest BCUT2D eigenvalue weighted by Crippen LogP contribution is 2.17. The van der Waals surface area contributed by atoms with Crippen molar-refractivity contribution in [1.82, 2.24) is 0 Å². The Labute approximate surface area is 109 Å². The fourth-order valence-electron chi connectivity index (χ4n) is 1.24. The molecule has 0 saturated carbocycles. The lowest BCUT2D eigenvalue weighted by Crippen LogP contribution is -2.40. The van der Waals surface area contributed by atoms with Crippen molar-refractivity contribution in [3.05, 3.63) is 0 Å². The molecule has 0 radical (unpaired) electrons. The number of carbonyl (C=O) groups is 2. The van der Waals surface area contributed by atoms with E-state index >= 15 is 0 Å². The Kier molecular flexibility index (Phi) is 6.49. The Hall–Kier alpha value is -0.940. The number of methoxy groups -OCH3 is 1. The minimum atomic E-state index is -1.08. The van der Waals surface area contributed by atoms with Crippen LogP contribution in [0.5, 0.6) is 0 Å². The molecule has 0 amide bonds. The van der Waals surface area contributed by atoms with Gasteiger partial charge in [-0.05, 0) is 34.1 Å². The summed E-state index contributed by atoms with van der Waals surface area (Å²) in [4.78, 5) is 23.1. The van der Waals surface area contributed by atoms with Gasteiger partial charge in [0.1, 0.15) is 12.4 Å². The summed E-state index contributed by atoms with van der Waals surface area (Å²) in [5, 5.41) is 0. The van der Waals surface area contributed by atoms with Crippen molar-refractivity contribution in [1.29, 1.82) is 0 Å². The molecule has 0 saturated heterocycles. The summed E-state index contributed by atoms with van der Waals surface area (Å²) in [5.41, 5.74) is -1.99. The first kappa shape index (κ1) is 17.1. The Morgan fingerprint density at radius 1 is 1.00 bits per heavy atom. The van der Waals surface area contributed by atoms with Gasteiger partial charge < -0.3 is 14.2 Å². The van der Waals surface area contributed by atoms with E-state index in [9.17, 15) is 9.59 Å². The van der Waals surface area contributed by atoms with Crippen molar-refractivity contribution in [2.45, 2.75) is 58.7 Å². The quantitative estimate of drug-likeness (QED) is 0.494. The van der Waals surface area contributed by atoms with Crippen LogP contribution in [0.25, 0.3) is 0 Å². The molecular weight excluding hydrogens is 236 g/mol. The molecule has 0 aromatic rings. The zero-order valence-corrected chi connectivity index (χ0v) is 12.2. The topological polar surface area (TPSA) is 61.8 Å². The second-order valence-electron chi connectivity index (χ2n) is 5.09. The maximum atomic E-state index is 11.7. The molecule has 0 aliphatic rings. The third kappa shape index (κ3) is 5.14. The van der Waals surface area contributed by atoms with Gasteiger partial charge in [-0.15, -0.1) is 0 Å². The first-order chi connectivity index (χ1) is 8.17. The number of hydrogen-bond acceptors (Lipinski definition) is 5. The number of ketones is 1. The number of Topliss-reactive ketones (excluding diaryl/α,β-unsaturated/α-hetero) is 1.